The zero-order chi connectivity index (χ0) is 19.5. The number of alkyl halides is 3. The summed E-state index contributed by atoms with van der Waals surface area (Å²) in [5.74, 6) is -2.21. The minimum Gasteiger partial charge on any atom is -0.497 e. The van der Waals surface area contributed by atoms with Crippen molar-refractivity contribution in [3.63, 3.8) is 0 Å². The molecule has 1 atom stereocenters. The molecule has 0 aliphatic carbocycles. The molecule has 0 spiro atoms. The molecule has 1 fully saturated rings. The van der Waals surface area contributed by atoms with Gasteiger partial charge in [-0.05, 0) is 18.6 Å². The van der Waals surface area contributed by atoms with Crippen LogP contribution in [0.1, 0.15) is 16.8 Å². The van der Waals surface area contributed by atoms with E-state index < -0.39 is 36.4 Å². The van der Waals surface area contributed by atoms with Gasteiger partial charge in [0.1, 0.15) is 18.1 Å². The Morgan fingerprint density at radius 3 is 2.62 bits per heavy atom. The lowest BCUT2D eigenvalue weighted by atomic mass is 9.86. The van der Waals surface area contributed by atoms with Crippen LogP contribution in [0, 0.1) is 5.41 Å². The number of amides is 1. The number of nitrogens with zero attached hydrogens (tertiary/aromatic N) is 1. The summed E-state index contributed by atoms with van der Waals surface area (Å²) < 4.78 is 50.3. The van der Waals surface area contributed by atoms with Gasteiger partial charge in [0.15, 0.2) is 5.41 Å². The number of aliphatic carboxylic acids is 1. The lowest BCUT2D eigenvalue weighted by molar-refractivity contribution is -0.227. The maximum Gasteiger partial charge on any atom is 0.406 e. The van der Waals surface area contributed by atoms with E-state index in [0.717, 1.165) is 4.90 Å². The Labute approximate surface area is 147 Å². The molecule has 1 aromatic rings. The Kier molecular flexibility index (Phi) is 5.48. The summed E-state index contributed by atoms with van der Waals surface area (Å²) in [5.41, 5.74) is -2.94. The zero-order valence-electron chi connectivity index (χ0n) is 14.0. The topological polar surface area (TPSA) is 76.1 Å². The molecule has 1 N–H and O–H groups in total. The quantitative estimate of drug-likeness (QED) is 0.776. The molecule has 0 radical (unpaired) electrons. The summed E-state index contributed by atoms with van der Waals surface area (Å²) in [6.07, 6.45) is -4.21. The van der Waals surface area contributed by atoms with Crippen molar-refractivity contribution < 1.29 is 37.3 Å². The molecule has 0 saturated carbocycles. The van der Waals surface area contributed by atoms with E-state index in [-0.39, 0.29) is 24.5 Å². The highest BCUT2D eigenvalue weighted by atomic mass is 19.4. The molecule has 0 bridgehead atoms. The minimum atomic E-state index is -4.96. The van der Waals surface area contributed by atoms with Gasteiger partial charge in [-0.3, -0.25) is 9.59 Å². The average Bonchev–Trinajstić information content (AvgIpc) is 3.06. The number of benzene rings is 1. The van der Waals surface area contributed by atoms with Crippen molar-refractivity contribution in [3.8, 4) is 11.5 Å². The van der Waals surface area contributed by atoms with E-state index in [1.165, 1.54) is 31.4 Å². The smallest absolute Gasteiger partial charge is 0.406 e. The first-order valence-corrected chi connectivity index (χ1v) is 7.67. The average molecular weight is 373 g/mol. The molecule has 1 aliphatic rings. The second kappa shape index (κ2) is 7.27. The normalized spacial score (nSPS) is 19.9. The molecule has 1 aliphatic heterocycles. The molecule has 142 valence electrons. The predicted octanol–water partition coefficient (Wildman–Crippen LogP) is 2.74. The Bertz CT molecular complexity index is 719. The highest BCUT2D eigenvalue weighted by Gasteiger charge is 2.64. The fourth-order valence-electron chi connectivity index (χ4n) is 2.76. The SMILES string of the molecule is C=CCOc1cc(OC)ccc1C(=O)N1CCC(C(=O)O)(C(F)(F)F)C1. The molecule has 1 heterocycles. The van der Waals surface area contributed by atoms with Gasteiger partial charge in [0.2, 0.25) is 0 Å². The molecule has 1 unspecified atom stereocenters. The van der Waals surface area contributed by atoms with Crippen LogP contribution in [0.4, 0.5) is 13.2 Å². The molecule has 1 amide bonds. The van der Waals surface area contributed by atoms with Crippen molar-refractivity contribution in [1.82, 2.24) is 4.90 Å². The Balaban J connectivity index is 2.32. The summed E-state index contributed by atoms with van der Waals surface area (Å²) >= 11 is 0. The van der Waals surface area contributed by atoms with Crippen LogP contribution >= 0.6 is 0 Å². The first kappa shape index (κ1) is 19.6. The Morgan fingerprint density at radius 1 is 1.42 bits per heavy atom. The second-order valence-corrected chi connectivity index (χ2v) is 5.82. The van der Waals surface area contributed by atoms with E-state index in [0.29, 0.717) is 5.75 Å². The van der Waals surface area contributed by atoms with Crippen molar-refractivity contribution in [2.24, 2.45) is 5.41 Å². The number of carboxylic acid groups (broad SMARTS) is 1. The number of carbonyl (C=O) groups is 2. The molecule has 9 heteroatoms. The Morgan fingerprint density at radius 2 is 2.12 bits per heavy atom. The number of hydrogen-bond acceptors (Lipinski definition) is 4. The van der Waals surface area contributed by atoms with E-state index in [1.807, 2.05) is 0 Å². The van der Waals surface area contributed by atoms with E-state index in [4.69, 9.17) is 14.6 Å². The van der Waals surface area contributed by atoms with Crippen LogP contribution in [0.15, 0.2) is 30.9 Å². The molecular formula is C17H18F3NO5. The molecule has 2 rings (SSSR count). The summed E-state index contributed by atoms with van der Waals surface area (Å²) in [7, 11) is 1.42. The zero-order valence-corrected chi connectivity index (χ0v) is 14.0. The van der Waals surface area contributed by atoms with Gasteiger partial charge in [-0.1, -0.05) is 12.7 Å². The maximum atomic E-state index is 13.3. The van der Waals surface area contributed by atoms with Gasteiger partial charge in [-0.15, -0.1) is 0 Å². The molecule has 1 aromatic carbocycles. The fourth-order valence-corrected chi connectivity index (χ4v) is 2.76. The van der Waals surface area contributed by atoms with Crippen LogP contribution in [-0.2, 0) is 4.79 Å². The van der Waals surface area contributed by atoms with E-state index in [9.17, 15) is 22.8 Å². The lowest BCUT2D eigenvalue weighted by Crippen LogP contribution is -2.47. The molecular weight excluding hydrogens is 355 g/mol. The summed E-state index contributed by atoms with van der Waals surface area (Å²) in [4.78, 5) is 24.8. The number of methoxy groups -OCH3 is 1. The second-order valence-electron chi connectivity index (χ2n) is 5.82. The number of carboxylic acids is 1. The van der Waals surface area contributed by atoms with Gasteiger partial charge in [-0.2, -0.15) is 13.2 Å². The third-order valence-corrected chi connectivity index (χ3v) is 4.28. The van der Waals surface area contributed by atoms with Crippen LogP contribution in [0.3, 0.4) is 0 Å². The number of ether oxygens (including phenoxy) is 2. The van der Waals surface area contributed by atoms with Gasteiger partial charge in [0.25, 0.3) is 5.91 Å². The number of rotatable bonds is 6. The van der Waals surface area contributed by atoms with Crippen LogP contribution in [0.2, 0.25) is 0 Å². The monoisotopic (exact) mass is 373 g/mol. The van der Waals surface area contributed by atoms with Crippen molar-refractivity contribution in [3.05, 3.63) is 36.4 Å². The lowest BCUT2D eigenvalue weighted by Gasteiger charge is -2.27. The van der Waals surface area contributed by atoms with Gasteiger partial charge in [0.05, 0.1) is 12.7 Å². The third kappa shape index (κ3) is 3.47. The third-order valence-electron chi connectivity index (χ3n) is 4.28. The fraction of sp³-hybridized carbons (Fsp3) is 0.412. The van der Waals surface area contributed by atoms with Gasteiger partial charge < -0.3 is 19.5 Å². The number of carbonyl (C=O) groups excluding carboxylic acids is 1. The van der Waals surface area contributed by atoms with Crippen LogP contribution in [0.25, 0.3) is 0 Å². The standard InChI is InChI=1S/C17H18F3NO5/c1-3-8-26-13-9-11(25-2)4-5-12(13)14(22)21-7-6-16(10-21,15(23)24)17(18,19)20/h3-5,9H,1,6-8,10H2,2H3,(H,23,24). The number of halogens is 3. The summed E-state index contributed by atoms with van der Waals surface area (Å²) in [6, 6.07) is 4.27. The Hall–Kier alpha value is -2.71. The summed E-state index contributed by atoms with van der Waals surface area (Å²) in [5, 5.41) is 9.10. The minimum absolute atomic E-state index is 0.0241. The van der Waals surface area contributed by atoms with Crippen LogP contribution in [0.5, 0.6) is 11.5 Å². The molecule has 6 nitrogen and oxygen atoms in total. The van der Waals surface area contributed by atoms with E-state index in [2.05, 4.69) is 6.58 Å². The van der Waals surface area contributed by atoms with Gasteiger partial charge in [0, 0.05) is 19.2 Å². The number of likely N-dealkylation sites (tertiary alicyclic amines) is 1. The van der Waals surface area contributed by atoms with Gasteiger partial charge >= 0.3 is 12.1 Å². The first-order valence-electron chi connectivity index (χ1n) is 7.67. The molecule has 0 aromatic heterocycles. The van der Waals surface area contributed by atoms with Crippen molar-refractivity contribution >= 4 is 11.9 Å². The van der Waals surface area contributed by atoms with Gasteiger partial charge in [-0.25, -0.2) is 0 Å². The number of hydrogen-bond donors (Lipinski definition) is 1. The first-order chi connectivity index (χ1) is 12.2. The van der Waals surface area contributed by atoms with Crippen molar-refractivity contribution in [2.45, 2.75) is 12.6 Å². The van der Waals surface area contributed by atoms with Crippen LogP contribution in [-0.4, -0.2) is 54.9 Å². The van der Waals surface area contributed by atoms with Crippen molar-refractivity contribution in [2.75, 3.05) is 26.8 Å². The largest absolute Gasteiger partial charge is 0.497 e. The highest BCUT2D eigenvalue weighted by Crippen LogP contribution is 2.46. The van der Waals surface area contributed by atoms with E-state index in [1.54, 1.807) is 0 Å². The van der Waals surface area contributed by atoms with Crippen LogP contribution < -0.4 is 9.47 Å². The molecule has 1 saturated heterocycles. The van der Waals surface area contributed by atoms with E-state index >= 15 is 0 Å². The van der Waals surface area contributed by atoms with Crippen molar-refractivity contribution in [1.29, 1.82) is 0 Å². The molecule has 26 heavy (non-hydrogen) atoms. The predicted molar refractivity (Wildman–Crippen MR) is 85.3 cm³/mol. The highest BCUT2D eigenvalue weighted by molar-refractivity contribution is 5.98. The maximum absolute atomic E-state index is 13.3. The summed E-state index contributed by atoms with van der Waals surface area (Å²) in [6.45, 7) is 2.30.